The molecule has 4 rings (SSSR count). The maximum absolute atomic E-state index is 13.9. The molecule has 0 aliphatic heterocycles. The Hall–Kier alpha value is -3.32. The van der Waals surface area contributed by atoms with Crippen LogP contribution >= 0.6 is 0 Å². The van der Waals surface area contributed by atoms with E-state index in [9.17, 15) is 17.2 Å². The van der Waals surface area contributed by atoms with Crippen molar-refractivity contribution in [3.05, 3.63) is 95.9 Å². The Morgan fingerprint density at radius 3 is 2.23 bits per heavy atom. The second-order valence-corrected chi connectivity index (χ2v) is 8.80. The van der Waals surface area contributed by atoms with Gasteiger partial charge in [-0.25, -0.2) is 22.2 Å². The van der Waals surface area contributed by atoms with Gasteiger partial charge in [0.25, 0.3) is 0 Å². The summed E-state index contributed by atoms with van der Waals surface area (Å²) in [5, 5.41) is 0. The molecule has 0 spiro atoms. The van der Waals surface area contributed by atoms with E-state index in [1.807, 2.05) is 25.1 Å². The van der Waals surface area contributed by atoms with Crippen LogP contribution in [0.25, 0.3) is 22.6 Å². The molecule has 0 aliphatic carbocycles. The van der Waals surface area contributed by atoms with Crippen LogP contribution in [-0.4, -0.2) is 13.4 Å². The van der Waals surface area contributed by atoms with Gasteiger partial charge in [-0.3, -0.25) is 0 Å². The number of oxazole rings is 1. The van der Waals surface area contributed by atoms with E-state index in [-0.39, 0.29) is 0 Å². The molecule has 30 heavy (non-hydrogen) atoms. The first-order valence-electron chi connectivity index (χ1n) is 9.12. The number of aromatic nitrogens is 1. The normalized spacial score (nSPS) is 11.6. The van der Waals surface area contributed by atoms with Crippen LogP contribution in [0.3, 0.4) is 0 Å². The van der Waals surface area contributed by atoms with E-state index < -0.39 is 32.1 Å². The van der Waals surface area contributed by atoms with Crippen molar-refractivity contribution in [1.82, 2.24) is 4.98 Å². The molecule has 4 nitrogen and oxygen atoms in total. The van der Waals surface area contributed by atoms with E-state index in [1.54, 1.807) is 30.5 Å². The van der Waals surface area contributed by atoms with Crippen molar-refractivity contribution in [3.63, 3.8) is 0 Å². The number of benzene rings is 3. The Balaban J connectivity index is 1.63. The summed E-state index contributed by atoms with van der Waals surface area (Å²) in [6.45, 7) is 1.97. The zero-order valence-electron chi connectivity index (χ0n) is 16.0. The van der Waals surface area contributed by atoms with E-state index in [4.69, 9.17) is 4.42 Å². The van der Waals surface area contributed by atoms with Gasteiger partial charge in [0.1, 0.15) is 22.8 Å². The monoisotopic (exact) mass is 425 g/mol. The highest BCUT2D eigenvalue weighted by Crippen LogP contribution is 2.30. The third-order valence-electron chi connectivity index (χ3n) is 4.77. The Morgan fingerprint density at radius 2 is 1.60 bits per heavy atom. The molecular weight excluding hydrogens is 408 g/mol. The number of rotatable bonds is 5. The molecule has 0 saturated heterocycles. The maximum atomic E-state index is 13.9. The lowest BCUT2D eigenvalue weighted by Gasteiger charge is -2.10. The minimum absolute atomic E-state index is 0.433. The second kappa shape index (κ2) is 7.84. The minimum Gasteiger partial charge on any atom is -0.445 e. The van der Waals surface area contributed by atoms with Crippen LogP contribution in [0.15, 0.2) is 82.4 Å². The standard InChI is InChI=1S/C23H17F2NO3S/c1-15-5-8-18(23-26-11-12-29-23)13-19(15)17-9-6-16(7-10-17)14-30(27,28)22-20(24)3-2-4-21(22)25/h2-13H,14H2,1H3. The highest BCUT2D eigenvalue weighted by Gasteiger charge is 2.24. The van der Waals surface area contributed by atoms with E-state index in [1.165, 1.54) is 6.26 Å². The fourth-order valence-electron chi connectivity index (χ4n) is 3.28. The lowest BCUT2D eigenvalue weighted by atomic mass is 9.97. The smallest absolute Gasteiger partial charge is 0.225 e. The molecule has 0 atom stereocenters. The molecule has 0 amide bonds. The van der Waals surface area contributed by atoms with Crippen molar-refractivity contribution in [1.29, 1.82) is 0 Å². The molecular formula is C23H17F2NO3S. The van der Waals surface area contributed by atoms with Gasteiger partial charge in [-0.15, -0.1) is 0 Å². The highest BCUT2D eigenvalue weighted by atomic mass is 32.2. The molecule has 152 valence electrons. The summed E-state index contributed by atoms with van der Waals surface area (Å²) in [4.78, 5) is 3.25. The summed E-state index contributed by atoms with van der Waals surface area (Å²) < 4.78 is 58.2. The van der Waals surface area contributed by atoms with Crippen molar-refractivity contribution >= 4 is 9.84 Å². The van der Waals surface area contributed by atoms with Gasteiger partial charge < -0.3 is 4.42 Å². The maximum Gasteiger partial charge on any atom is 0.225 e. The molecule has 1 heterocycles. The molecule has 7 heteroatoms. The van der Waals surface area contributed by atoms with Crippen LogP contribution in [0, 0.1) is 18.6 Å². The van der Waals surface area contributed by atoms with Crippen molar-refractivity contribution in [2.45, 2.75) is 17.6 Å². The van der Waals surface area contributed by atoms with Crippen LogP contribution in [0.1, 0.15) is 11.1 Å². The number of hydrogen-bond donors (Lipinski definition) is 0. The summed E-state index contributed by atoms with van der Waals surface area (Å²) in [5.41, 5.74) is 4.10. The summed E-state index contributed by atoms with van der Waals surface area (Å²) in [5.74, 6) is -2.18. The molecule has 1 aromatic heterocycles. The average molecular weight is 425 g/mol. The van der Waals surface area contributed by atoms with Gasteiger partial charge in [0.15, 0.2) is 9.84 Å². The quantitative estimate of drug-likeness (QED) is 0.419. The summed E-state index contributed by atoms with van der Waals surface area (Å²) in [6, 6.07) is 15.7. The molecule has 0 aliphatic rings. The first kappa shape index (κ1) is 20.0. The van der Waals surface area contributed by atoms with Gasteiger partial charge >= 0.3 is 0 Å². The average Bonchev–Trinajstić information content (AvgIpc) is 3.23. The molecule has 0 unspecified atom stereocenters. The van der Waals surface area contributed by atoms with Gasteiger partial charge in [0.2, 0.25) is 5.89 Å². The Morgan fingerprint density at radius 1 is 0.933 bits per heavy atom. The van der Waals surface area contributed by atoms with Gasteiger partial charge in [0.05, 0.1) is 11.9 Å². The van der Waals surface area contributed by atoms with Gasteiger partial charge in [-0.05, 0) is 53.4 Å². The van der Waals surface area contributed by atoms with Crippen molar-refractivity contribution in [3.8, 4) is 22.6 Å². The van der Waals surface area contributed by atoms with Gasteiger partial charge in [-0.2, -0.15) is 0 Å². The Kier molecular flexibility index (Phi) is 5.22. The number of nitrogens with zero attached hydrogens (tertiary/aromatic N) is 1. The second-order valence-electron chi connectivity index (χ2n) is 6.87. The highest BCUT2D eigenvalue weighted by molar-refractivity contribution is 7.90. The summed E-state index contributed by atoms with van der Waals surface area (Å²) in [7, 11) is -4.17. The lowest BCUT2D eigenvalue weighted by molar-refractivity contribution is 0.519. The van der Waals surface area contributed by atoms with E-state index >= 15 is 0 Å². The van der Waals surface area contributed by atoms with E-state index in [2.05, 4.69) is 4.98 Å². The van der Waals surface area contributed by atoms with Crippen molar-refractivity contribution in [2.75, 3.05) is 0 Å². The molecule has 3 aromatic carbocycles. The van der Waals surface area contributed by atoms with Crippen LogP contribution in [0.2, 0.25) is 0 Å². The molecule has 4 aromatic rings. The zero-order chi connectivity index (χ0) is 21.3. The topological polar surface area (TPSA) is 60.2 Å². The zero-order valence-corrected chi connectivity index (χ0v) is 16.8. The number of halogens is 2. The predicted molar refractivity (Wildman–Crippen MR) is 109 cm³/mol. The Bertz CT molecular complexity index is 1280. The van der Waals surface area contributed by atoms with Gasteiger partial charge in [-0.1, -0.05) is 36.4 Å². The largest absolute Gasteiger partial charge is 0.445 e. The summed E-state index contributed by atoms with van der Waals surface area (Å²) >= 11 is 0. The number of aryl methyl sites for hydroxylation is 1. The lowest BCUT2D eigenvalue weighted by Crippen LogP contribution is -2.09. The van der Waals surface area contributed by atoms with E-state index in [0.717, 1.165) is 40.5 Å². The predicted octanol–water partition coefficient (Wildman–Crippen LogP) is 5.57. The number of hydrogen-bond acceptors (Lipinski definition) is 4. The third kappa shape index (κ3) is 3.89. The SMILES string of the molecule is Cc1ccc(-c2ncco2)cc1-c1ccc(CS(=O)(=O)c2c(F)cccc2F)cc1. The first-order valence-corrected chi connectivity index (χ1v) is 10.8. The fraction of sp³-hybridized carbons (Fsp3) is 0.0870. The Labute approximate surface area is 172 Å². The first-order chi connectivity index (χ1) is 14.3. The molecule has 0 N–H and O–H groups in total. The van der Waals surface area contributed by atoms with Crippen LogP contribution < -0.4 is 0 Å². The van der Waals surface area contributed by atoms with E-state index in [0.29, 0.717) is 11.5 Å². The molecule has 0 bridgehead atoms. The molecule has 0 fully saturated rings. The molecule has 0 saturated carbocycles. The van der Waals surface area contributed by atoms with Crippen LogP contribution in [0.4, 0.5) is 8.78 Å². The van der Waals surface area contributed by atoms with Crippen molar-refractivity contribution < 1.29 is 21.6 Å². The van der Waals surface area contributed by atoms with Gasteiger partial charge in [0, 0.05) is 5.56 Å². The van der Waals surface area contributed by atoms with Crippen molar-refractivity contribution in [2.24, 2.45) is 0 Å². The summed E-state index contributed by atoms with van der Waals surface area (Å²) in [6.07, 6.45) is 3.07. The fourth-order valence-corrected chi connectivity index (χ4v) is 4.79. The minimum atomic E-state index is -4.17. The van der Waals surface area contributed by atoms with Crippen LogP contribution in [0.5, 0.6) is 0 Å². The third-order valence-corrected chi connectivity index (χ3v) is 6.49. The van der Waals surface area contributed by atoms with Crippen LogP contribution in [-0.2, 0) is 15.6 Å². The molecule has 0 radical (unpaired) electrons. The number of sulfone groups is 1.